The number of aliphatic hydroxyl groups is 1. The van der Waals surface area contributed by atoms with Crippen LogP contribution in [0.1, 0.15) is 137 Å². The highest BCUT2D eigenvalue weighted by Gasteiger charge is 2.18. The van der Waals surface area contributed by atoms with Gasteiger partial charge in [0.2, 0.25) is 5.76 Å². The highest BCUT2D eigenvalue weighted by Crippen LogP contribution is 2.19. The van der Waals surface area contributed by atoms with Crippen molar-refractivity contribution in [2.24, 2.45) is 5.92 Å². The highest BCUT2D eigenvalue weighted by molar-refractivity contribution is 5.99. The Labute approximate surface area is 194 Å². The van der Waals surface area contributed by atoms with Gasteiger partial charge in [-0.25, -0.2) is 9.59 Å². The molecule has 1 atom stereocenters. The van der Waals surface area contributed by atoms with Crippen LogP contribution in [0.5, 0.6) is 0 Å². The number of aliphatic hydroxyl groups excluding tert-OH is 1. The van der Waals surface area contributed by atoms with E-state index in [-0.39, 0.29) is 5.56 Å². The highest BCUT2D eigenvalue weighted by atomic mass is 16.4. The van der Waals surface area contributed by atoms with Gasteiger partial charge >= 0.3 is 11.9 Å². The molecule has 186 valence electrons. The molecular formula is C26H46O6. The Hall–Kier alpha value is -1.82. The van der Waals surface area contributed by atoms with E-state index in [1.807, 2.05) is 0 Å². The van der Waals surface area contributed by atoms with Crippen LogP contribution in [0.25, 0.3) is 0 Å². The third kappa shape index (κ3) is 15.9. The van der Waals surface area contributed by atoms with Gasteiger partial charge in [-0.3, -0.25) is 0 Å². The summed E-state index contributed by atoms with van der Waals surface area (Å²) in [5.41, 5.74) is -0.336. The predicted octanol–water partition coefficient (Wildman–Crippen LogP) is 7.55. The molecule has 1 heterocycles. The average Bonchev–Trinajstić information content (AvgIpc) is 3.28. The SMILES string of the molecule is CCCCCCCCCCC(CO)CCCCCCCC.O=C(O)c1ccoc1C(=O)O. The maximum atomic E-state index is 10.3. The van der Waals surface area contributed by atoms with Crippen molar-refractivity contribution >= 4 is 11.9 Å². The standard InChI is InChI=1S/C20H42O.C6H4O5/c1-3-5-7-9-11-12-14-16-18-20(19-21)17-15-13-10-8-6-4-2;7-5(8)3-1-2-11-4(3)6(9)10/h20-21H,3-19H2,1-2H3;1-2H,(H,7,8)(H,9,10). The number of furan rings is 1. The summed E-state index contributed by atoms with van der Waals surface area (Å²) >= 11 is 0. The third-order valence-electron chi connectivity index (χ3n) is 5.78. The van der Waals surface area contributed by atoms with Crippen LogP contribution < -0.4 is 0 Å². The Morgan fingerprint density at radius 1 is 0.750 bits per heavy atom. The van der Waals surface area contributed by atoms with Crippen LogP contribution in [0.15, 0.2) is 16.7 Å². The average molecular weight is 455 g/mol. The molecule has 0 aliphatic rings. The monoisotopic (exact) mass is 454 g/mol. The summed E-state index contributed by atoms with van der Waals surface area (Å²) in [5.74, 6) is -2.66. The Balaban J connectivity index is 0.000000726. The molecule has 6 nitrogen and oxygen atoms in total. The zero-order chi connectivity index (χ0) is 24.0. The van der Waals surface area contributed by atoms with Crippen LogP contribution in [0.2, 0.25) is 0 Å². The van der Waals surface area contributed by atoms with Crippen molar-refractivity contribution in [1.82, 2.24) is 0 Å². The Morgan fingerprint density at radius 2 is 1.19 bits per heavy atom. The number of carboxylic acids is 2. The third-order valence-corrected chi connectivity index (χ3v) is 5.78. The van der Waals surface area contributed by atoms with Crippen molar-refractivity contribution in [3.05, 3.63) is 23.7 Å². The largest absolute Gasteiger partial charge is 0.478 e. The Kier molecular flexibility index (Phi) is 19.9. The van der Waals surface area contributed by atoms with E-state index >= 15 is 0 Å². The number of unbranched alkanes of at least 4 members (excludes halogenated alkanes) is 12. The number of hydrogen-bond acceptors (Lipinski definition) is 4. The minimum atomic E-state index is -1.38. The number of carboxylic acid groups (broad SMARTS) is 2. The molecule has 1 aromatic heterocycles. The summed E-state index contributed by atoms with van der Waals surface area (Å²) in [7, 11) is 0. The minimum Gasteiger partial charge on any atom is -0.478 e. The predicted molar refractivity (Wildman–Crippen MR) is 128 cm³/mol. The molecule has 0 bridgehead atoms. The number of carbonyl (C=O) groups is 2. The topological polar surface area (TPSA) is 108 Å². The van der Waals surface area contributed by atoms with E-state index in [2.05, 4.69) is 18.3 Å². The van der Waals surface area contributed by atoms with Gasteiger partial charge in [-0.1, -0.05) is 104 Å². The molecule has 0 fully saturated rings. The van der Waals surface area contributed by atoms with E-state index in [4.69, 9.17) is 10.2 Å². The van der Waals surface area contributed by atoms with Gasteiger partial charge in [0.1, 0.15) is 5.56 Å². The molecule has 0 aromatic carbocycles. The molecule has 0 aliphatic carbocycles. The van der Waals surface area contributed by atoms with Crippen molar-refractivity contribution in [3.8, 4) is 0 Å². The zero-order valence-corrected chi connectivity index (χ0v) is 20.3. The summed E-state index contributed by atoms with van der Waals surface area (Å²) in [5, 5.41) is 26.2. The zero-order valence-electron chi connectivity index (χ0n) is 20.3. The van der Waals surface area contributed by atoms with Gasteiger partial charge in [0, 0.05) is 6.61 Å². The second kappa shape index (κ2) is 21.0. The minimum absolute atomic E-state index is 0.336. The van der Waals surface area contributed by atoms with Crippen LogP contribution in [-0.4, -0.2) is 33.9 Å². The molecule has 0 saturated carbocycles. The molecule has 0 saturated heterocycles. The summed E-state index contributed by atoms with van der Waals surface area (Å²) in [6.07, 6.45) is 22.9. The molecule has 1 aromatic rings. The van der Waals surface area contributed by atoms with Crippen molar-refractivity contribution in [3.63, 3.8) is 0 Å². The molecule has 32 heavy (non-hydrogen) atoms. The normalized spacial score (nSPS) is 11.6. The van der Waals surface area contributed by atoms with Gasteiger partial charge < -0.3 is 19.7 Å². The lowest BCUT2D eigenvalue weighted by Crippen LogP contribution is -2.06. The van der Waals surface area contributed by atoms with E-state index < -0.39 is 17.7 Å². The van der Waals surface area contributed by atoms with Crippen molar-refractivity contribution in [2.45, 2.75) is 117 Å². The van der Waals surface area contributed by atoms with Crippen molar-refractivity contribution in [2.75, 3.05) is 6.61 Å². The van der Waals surface area contributed by atoms with E-state index in [1.165, 1.54) is 103 Å². The first-order valence-electron chi connectivity index (χ1n) is 12.6. The van der Waals surface area contributed by atoms with E-state index in [0.717, 1.165) is 12.3 Å². The second-order valence-corrected chi connectivity index (χ2v) is 8.64. The molecule has 3 N–H and O–H groups in total. The summed E-state index contributed by atoms with van der Waals surface area (Å²) in [6.45, 7) is 4.95. The van der Waals surface area contributed by atoms with Crippen LogP contribution in [0.3, 0.4) is 0 Å². The Morgan fingerprint density at radius 3 is 1.53 bits per heavy atom. The van der Waals surface area contributed by atoms with Gasteiger partial charge in [-0.05, 0) is 24.8 Å². The Bertz CT molecular complexity index is 552. The van der Waals surface area contributed by atoms with E-state index in [0.29, 0.717) is 12.5 Å². The van der Waals surface area contributed by atoms with E-state index in [9.17, 15) is 14.7 Å². The first-order valence-corrected chi connectivity index (χ1v) is 12.6. The number of rotatable bonds is 19. The molecule has 1 rings (SSSR count). The first kappa shape index (κ1) is 30.2. The lowest BCUT2D eigenvalue weighted by molar-refractivity contribution is 0.0626. The quantitative estimate of drug-likeness (QED) is 0.186. The first-order chi connectivity index (χ1) is 15.5. The molecular weight excluding hydrogens is 408 g/mol. The molecule has 0 amide bonds. The van der Waals surface area contributed by atoms with Crippen LogP contribution >= 0.6 is 0 Å². The maximum Gasteiger partial charge on any atom is 0.372 e. The number of hydrogen-bond donors (Lipinski definition) is 3. The summed E-state index contributed by atoms with van der Waals surface area (Å²) < 4.78 is 4.41. The smallest absolute Gasteiger partial charge is 0.372 e. The van der Waals surface area contributed by atoms with Gasteiger partial charge in [-0.15, -0.1) is 0 Å². The van der Waals surface area contributed by atoms with Gasteiger partial charge in [0.25, 0.3) is 0 Å². The van der Waals surface area contributed by atoms with Crippen molar-refractivity contribution in [1.29, 1.82) is 0 Å². The fourth-order valence-electron chi connectivity index (χ4n) is 3.75. The van der Waals surface area contributed by atoms with Crippen LogP contribution in [0, 0.1) is 5.92 Å². The lowest BCUT2D eigenvalue weighted by Gasteiger charge is -2.13. The lowest BCUT2D eigenvalue weighted by atomic mass is 9.95. The fraction of sp³-hybridized carbons (Fsp3) is 0.769. The van der Waals surface area contributed by atoms with Crippen molar-refractivity contribution < 1.29 is 29.3 Å². The molecule has 1 unspecified atom stereocenters. The summed E-state index contributed by atoms with van der Waals surface area (Å²) in [6, 6.07) is 1.09. The van der Waals surface area contributed by atoms with Gasteiger partial charge in [0.15, 0.2) is 0 Å². The molecule has 6 heteroatoms. The van der Waals surface area contributed by atoms with E-state index in [1.54, 1.807) is 0 Å². The van der Waals surface area contributed by atoms with Gasteiger partial charge in [-0.2, -0.15) is 0 Å². The van der Waals surface area contributed by atoms with Crippen LogP contribution in [0.4, 0.5) is 0 Å². The molecule has 0 aliphatic heterocycles. The van der Waals surface area contributed by atoms with Gasteiger partial charge in [0.05, 0.1) is 6.26 Å². The molecule has 0 spiro atoms. The van der Waals surface area contributed by atoms with Crippen LogP contribution in [-0.2, 0) is 0 Å². The fourth-order valence-corrected chi connectivity index (χ4v) is 3.75. The number of aromatic carboxylic acids is 2. The molecule has 0 radical (unpaired) electrons. The maximum absolute atomic E-state index is 10.3. The summed E-state index contributed by atoms with van der Waals surface area (Å²) in [4.78, 5) is 20.5. The second-order valence-electron chi connectivity index (χ2n) is 8.64.